The van der Waals surface area contributed by atoms with E-state index in [-0.39, 0.29) is 0 Å². The van der Waals surface area contributed by atoms with Gasteiger partial charge in [-0.25, -0.2) is 0 Å². The third-order valence-corrected chi connectivity index (χ3v) is 3.60. The molecule has 0 heterocycles. The Morgan fingerprint density at radius 1 is 1.29 bits per heavy atom. The van der Waals surface area contributed by atoms with Crippen LogP contribution in [0.15, 0.2) is 29.2 Å². The number of benzene rings is 1. The molecular weight excluding hydrogens is 240 g/mol. The second kappa shape index (κ2) is 5.71. The summed E-state index contributed by atoms with van der Waals surface area (Å²) in [6.07, 6.45) is 3.92. The van der Waals surface area contributed by atoms with Crippen molar-refractivity contribution >= 4 is 17.4 Å². The molecule has 0 spiro atoms. The van der Waals surface area contributed by atoms with Crippen LogP contribution in [-0.2, 0) is 0 Å². The molecule has 2 rings (SSSR count). The van der Waals surface area contributed by atoms with Gasteiger partial charge in [-0.1, -0.05) is 24.6 Å². The summed E-state index contributed by atoms with van der Waals surface area (Å²) >= 11 is 0.586. The molecule has 1 nitrogen and oxygen atoms in total. The molecule has 0 aromatic heterocycles. The fourth-order valence-corrected chi connectivity index (χ4v) is 2.43. The Morgan fingerprint density at radius 2 is 1.94 bits per heavy atom. The Labute approximate surface area is 105 Å². The number of rotatable bonds is 6. The number of thioether (sulfide) groups is 1. The van der Waals surface area contributed by atoms with E-state index in [0.717, 1.165) is 11.6 Å². The molecule has 17 heavy (non-hydrogen) atoms. The second-order valence-corrected chi connectivity index (χ2v) is 5.69. The largest absolute Gasteiger partial charge is 0.383 e. The van der Waals surface area contributed by atoms with Gasteiger partial charge >= 0.3 is 0 Å². The third-order valence-electron chi connectivity index (χ3n) is 2.88. The van der Waals surface area contributed by atoms with Crippen LogP contribution in [0.4, 0.5) is 14.5 Å². The second-order valence-electron chi connectivity index (χ2n) is 4.63. The van der Waals surface area contributed by atoms with E-state index < -0.39 is 5.76 Å². The molecule has 1 aromatic rings. The van der Waals surface area contributed by atoms with Gasteiger partial charge in [0, 0.05) is 16.6 Å². The lowest BCUT2D eigenvalue weighted by atomic mass is 10.1. The number of halogens is 2. The predicted molar refractivity (Wildman–Crippen MR) is 68.7 cm³/mol. The van der Waals surface area contributed by atoms with Gasteiger partial charge in [0.05, 0.1) is 0 Å². The maximum atomic E-state index is 12.1. The van der Waals surface area contributed by atoms with Gasteiger partial charge in [0.15, 0.2) is 0 Å². The molecule has 1 aliphatic carbocycles. The molecule has 1 atom stereocenters. The van der Waals surface area contributed by atoms with Gasteiger partial charge in [-0.3, -0.25) is 0 Å². The third kappa shape index (κ3) is 4.54. The first-order valence-electron chi connectivity index (χ1n) is 5.95. The van der Waals surface area contributed by atoms with E-state index in [1.54, 1.807) is 12.1 Å². The van der Waals surface area contributed by atoms with Crippen LogP contribution < -0.4 is 5.32 Å². The minimum Gasteiger partial charge on any atom is -0.383 e. The fourth-order valence-electron chi connectivity index (χ4n) is 1.93. The molecule has 0 bridgehead atoms. The van der Waals surface area contributed by atoms with Gasteiger partial charge in [0.25, 0.3) is 5.76 Å². The van der Waals surface area contributed by atoms with Crippen molar-refractivity contribution in [2.45, 2.75) is 42.9 Å². The summed E-state index contributed by atoms with van der Waals surface area (Å²) in [7, 11) is 0. The smallest absolute Gasteiger partial charge is 0.288 e. The average Bonchev–Trinajstić information content (AvgIpc) is 3.04. The zero-order chi connectivity index (χ0) is 12.3. The van der Waals surface area contributed by atoms with Gasteiger partial charge < -0.3 is 5.32 Å². The van der Waals surface area contributed by atoms with E-state index in [2.05, 4.69) is 12.2 Å². The first-order chi connectivity index (χ1) is 8.13. The fraction of sp³-hybridized carbons (Fsp3) is 0.538. The van der Waals surface area contributed by atoms with Crippen LogP contribution in [0.25, 0.3) is 0 Å². The van der Waals surface area contributed by atoms with E-state index in [9.17, 15) is 8.78 Å². The molecule has 94 valence electrons. The Bertz CT molecular complexity index is 349. The van der Waals surface area contributed by atoms with Crippen LogP contribution in [0.2, 0.25) is 0 Å². The summed E-state index contributed by atoms with van der Waals surface area (Å²) in [5, 5.41) is 3.40. The zero-order valence-electron chi connectivity index (χ0n) is 9.83. The van der Waals surface area contributed by atoms with Crippen molar-refractivity contribution in [2.75, 3.05) is 5.32 Å². The molecule has 1 saturated carbocycles. The molecule has 0 aliphatic heterocycles. The molecule has 4 heteroatoms. The van der Waals surface area contributed by atoms with Crippen LogP contribution in [0.1, 0.15) is 26.2 Å². The summed E-state index contributed by atoms with van der Waals surface area (Å²) in [5.41, 5.74) is 1.01. The van der Waals surface area contributed by atoms with E-state index >= 15 is 0 Å². The van der Waals surface area contributed by atoms with E-state index in [1.165, 1.54) is 19.3 Å². The number of alkyl halides is 2. The van der Waals surface area contributed by atoms with E-state index in [0.29, 0.717) is 22.7 Å². The first-order valence-corrected chi connectivity index (χ1v) is 6.83. The molecule has 1 unspecified atom stereocenters. The highest BCUT2D eigenvalue weighted by atomic mass is 32.2. The molecule has 1 aromatic carbocycles. The minimum atomic E-state index is -2.34. The maximum Gasteiger partial charge on any atom is 0.288 e. The van der Waals surface area contributed by atoms with Gasteiger partial charge in [-0.05, 0) is 43.5 Å². The number of anilines is 1. The van der Waals surface area contributed by atoms with Crippen molar-refractivity contribution in [3.63, 3.8) is 0 Å². The number of hydrogen-bond donors (Lipinski definition) is 1. The minimum absolute atomic E-state index is 0.455. The predicted octanol–water partition coefficient (Wildman–Crippen LogP) is 4.60. The number of nitrogens with one attached hydrogen (secondary N) is 1. The lowest BCUT2D eigenvalue weighted by Crippen LogP contribution is -2.15. The summed E-state index contributed by atoms with van der Waals surface area (Å²) in [6, 6.07) is 7.67. The summed E-state index contributed by atoms with van der Waals surface area (Å²) in [6.45, 7) is 2.17. The SMILES string of the molecule is CC(CC1CC1)Nc1ccc(SC(F)F)cc1. The highest BCUT2D eigenvalue weighted by Crippen LogP contribution is 2.34. The van der Waals surface area contributed by atoms with E-state index in [1.807, 2.05) is 12.1 Å². The lowest BCUT2D eigenvalue weighted by Gasteiger charge is -2.15. The molecule has 0 radical (unpaired) electrons. The highest BCUT2D eigenvalue weighted by molar-refractivity contribution is 7.99. The van der Waals surface area contributed by atoms with Crippen LogP contribution in [0.3, 0.4) is 0 Å². The maximum absolute atomic E-state index is 12.1. The molecule has 0 saturated heterocycles. The Hall–Kier alpha value is -0.770. The first kappa shape index (κ1) is 12.7. The van der Waals surface area contributed by atoms with Crippen molar-refractivity contribution in [1.29, 1.82) is 0 Å². The van der Waals surface area contributed by atoms with Crippen LogP contribution in [-0.4, -0.2) is 11.8 Å². The van der Waals surface area contributed by atoms with Crippen LogP contribution in [0.5, 0.6) is 0 Å². The molecule has 1 N–H and O–H groups in total. The summed E-state index contributed by atoms with van der Waals surface area (Å²) < 4.78 is 24.3. The van der Waals surface area contributed by atoms with Gasteiger partial charge in [0.2, 0.25) is 0 Å². The van der Waals surface area contributed by atoms with Gasteiger partial charge in [-0.2, -0.15) is 8.78 Å². The van der Waals surface area contributed by atoms with Gasteiger partial charge in [0.1, 0.15) is 0 Å². The number of hydrogen-bond acceptors (Lipinski definition) is 2. The Balaban J connectivity index is 1.83. The van der Waals surface area contributed by atoms with Crippen molar-refractivity contribution in [3.05, 3.63) is 24.3 Å². The van der Waals surface area contributed by atoms with Crippen molar-refractivity contribution < 1.29 is 8.78 Å². The monoisotopic (exact) mass is 257 g/mol. The molecule has 0 amide bonds. The van der Waals surface area contributed by atoms with Crippen LogP contribution >= 0.6 is 11.8 Å². The average molecular weight is 257 g/mol. The summed E-state index contributed by atoms with van der Waals surface area (Å²) in [4.78, 5) is 0.611. The highest BCUT2D eigenvalue weighted by Gasteiger charge is 2.23. The normalized spacial score (nSPS) is 17.2. The van der Waals surface area contributed by atoms with Crippen LogP contribution in [0, 0.1) is 5.92 Å². The lowest BCUT2D eigenvalue weighted by molar-refractivity contribution is 0.252. The van der Waals surface area contributed by atoms with Crippen molar-refractivity contribution in [2.24, 2.45) is 5.92 Å². The molecule has 1 fully saturated rings. The van der Waals surface area contributed by atoms with Gasteiger partial charge in [-0.15, -0.1) is 0 Å². The van der Waals surface area contributed by atoms with E-state index in [4.69, 9.17) is 0 Å². The van der Waals surface area contributed by atoms with Crippen molar-refractivity contribution in [1.82, 2.24) is 0 Å². The Morgan fingerprint density at radius 3 is 2.47 bits per heavy atom. The zero-order valence-corrected chi connectivity index (χ0v) is 10.6. The standard InChI is InChI=1S/C13H17F2NS/c1-9(8-10-2-3-10)16-11-4-6-12(7-5-11)17-13(14)15/h4-7,9-10,13,16H,2-3,8H2,1H3. The topological polar surface area (TPSA) is 12.0 Å². The quantitative estimate of drug-likeness (QED) is 0.747. The van der Waals surface area contributed by atoms with Crippen molar-refractivity contribution in [3.8, 4) is 0 Å². The Kier molecular flexibility index (Phi) is 4.26. The molecular formula is C13H17F2NS. The molecule has 1 aliphatic rings. The summed E-state index contributed by atoms with van der Waals surface area (Å²) in [5.74, 6) is -1.45.